The fraction of sp³-hybridized carbons (Fsp3) is 0.429. The molecule has 1 aromatic heterocycles. The average molecular weight is 372 g/mol. The molecule has 2 aromatic rings. The first kappa shape index (κ1) is 15.9. The van der Waals surface area contributed by atoms with Gasteiger partial charge in [0.1, 0.15) is 5.82 Å². The molecule has 0 amide bonds. The molecule has 0 unspecified atom stereocenters. The Labute approximate surface area is 136 Å². The summed E-state index contributed by atoms with van der Waals surface area (Å²) in [5.74, 6) is 0.923. The maximum absolute atomic E-state index is 4.48. The number of rotatable bonds is 6. The molecule has 0 saturated heterocycles. The molecule has 6 heteroatoms. The van der Waals surface area contributed by atoms with Gasteiger partial charge in [-0.1, -0.05) is 38.6 Å². The highest BCUT2D eigenvalue weighted by atomic mass is 79.9. The third-order valence-corrected chi connectivity index (χ3v) is 5.46. The number of nitrogens with one attached hydrogen (secondary N) is 1. The molecule has 20 heavy (non-hydrogen) atoms. The number of aryl methyl sites for hydroxylation is 1. The summed E-state index contributed by atoms with van der Waals surface area (Å²) in [6, 6.07) is 6.96. The Morgan fingerprint density at radius 1 is 1.40 bits per heavy atom. The highest BCUT2D eigenvalue weighted by molar-refractivity contribution is 9.10. The van der Waals surface area contributed by atoms with Gasteiger partial charge in [-0.25, -0.2) is 4.98 Å². The monoisotopic (exact) mass is 371 g/mol. The van der Waals surface area contributed by atoms with Crippen LogP contribution in [0.1, 0.15) is 32.2 Å². The molecule has 0 aliphatic heterocycles. The number of halogens is 1. The molecule has 0 radical (unpaired) electrons. The second-order valence-electron chi connectivity index (χ2n) is 4.73. The van der Waals surface area contributed by atoms with Gasteiger partial charge in [0.05, 0.1) is 0 Å². The van der Waals surface area contributed by atoms with E-state index in [9.17, 15) is 0 Å². The van der Waals surface area contributed by atoms with Gasteiger partial charge in [-0.05, 0) is 45.2 Å². The van der Waals surface area contributed by atoms with Gasteiger partial charge in [0.15, 0.2) is 4.34 Å². The van der Waals surface area contributed by atoms with Crippen molar-refractivity contribution < 1.29 is 0 Å². The van der Waals surface area contributed by atoms with E-state index in [4.69, 9.17) is 0 Å². The minimum absolute atomic E-state index is 0.497. The summed E-state index contributed by atoms with van der Waals surface area (Å²) in [4.78, 5) is 5.66. The van der Waals surface area contributed by atoms with Gasteiger partial charge in [0.25, 0.3) is 0 Å². The van der Waals surface area contributed by atoms with Crippen LogP contribution in [0, 0.1) is 0 Å². The topological polar surface area (TPSA) is 37.8 Å². The van der Waals surface area contributed by atoms with Gasteiger partial charge in [-0.15, -0.1) is 0 Å². The minimum atomic E-state index is 0.497. The molecule has 0 spiro atoms. The van der Waals surface area contributed by atoms with E-state index in [1.807, 2.05) is 0 Å². The van der Waals surface area contributed by atoms with Crippen LogP contribution in [-0.4, -0.2) is 15.4 Å². The molecular weight excluding hydrogens is 354 g/mol. The van der Waals surface area contributed by atoms with Crippen molar-refractivity contribution in [2.75, 3.05) is 0 Å². The van der Waals surface area contributed by atoms with Crippen LogP contribution in [-0.2, 0) is 13.0 Å². The number of nitrogens with zero attached hydrogens (tertiary/aromatic N) is 2. The second kappa shape index (κ2) is 7.54. The predicted molar refractivity (Wildman–Crippen MR) is 89.5 cm³/mol. The van der Waals surface area contributed by atoms with E-state index in [1.54, 1.807) is 11.8 Å². The van der Waals surface area contributed by atoms with E-state index >= 15 is 0 Å². The van der Waals surface area contributed by atoms with E-state index in [0.29, 0.717) is 6.04 Å². The fourth-order valence-electron chi connectivity index (χ4n) is 1.58. The van der Waals surface area contributed by atoms with Crippen LogP contribution in [0.4, 0.5) is 0 Å². The van der Waals surface area contributed by atoms with Crippen molar-refractivity contribution in [3.8, 4) is 0 Å². The molecule has 0 saturated carbocycles. The summed E-state index contributed by atoms with van der Waals surface area (Å²) >= 11 is 6.77. The molecule has 2 rings (SSSR count). The highest BCUT2D eigenvalue weighted by Gasteiger charge is 2.08. The van der Waals surface area contributed by atoms with Gasteiger partial charge >= 0.3 is 0 Å². The summed E-state index contributed by atoms with van der Waals surface area (Å²) in [5, 5.41) is 3.42. The summed E-state index contributed by atoms with van der Waals surface area (Å²) in [7, 11) is 0. The average Bonchev–Trinajstić information content (AvgIpc) is 2.87. The summed E-state index contributed by atoms with van der Waals surface area (Å²) in [6.45, 7) is 7.27. The summed E-state index contributed by atoms with van der Waals surface area (Å²) < 4.78 is 6.42. The largest absolute Gasteiger partial charge is 0.310 e. The SMILES string of the molecule is CCc1nsc(Sc2ccc(CNC(C)C)cc2Br)n1. The van der Waals surface area contributed by atoms with E-state index in [2.05, 4.69) is 69.6 Å². The van der Waals surface area contributed by atoms with Crippen molar-refractivity contribution in [3.05, 3.63) is 34.1 Å². The van der Waals surface area contributed by atoms with Crippen molar-refractivity contribution in [1.29, 1.82) is 0 Å². The van der Waals surface area contributed by atoms with Gasteiger partial charge in [0, 0.05) is 28.4 Å². The van der Waals surface area contributed by atoms with Gasteiger partial charge in [-0.3, -0.25) is 0 Å². The molecule has 1 heterocycles. The van der Waals surface area contributed by atoms with Crippen LogP contribution in [0.5, 0.6) is 0 Å². The molecule has 0 aliphatic rings. The molecule has 1 aromatic carbocycles. The molecule has 0 bridgehead atoms. The molecule has 108 valence electrons. The van der Waals surface area contributed by atoms with Crippen molar-refractivity contribution >= 4 is 39.2 Å². The first-order valence-electron chi connectivity index (χ1n) is 6.60. The molecule has 1 N–H and O–H groups in total. The molecular formula is C14H18BrN3S2. The van der Waals surface area contributed by atoms with E-state index in [-0.39, 0.29) is 0 Å². The molecule has 3 nitrogen and oxygen atoms in total. The third-order valence-electron chi connectivity index (χ3n) is 2.67. The van der Waals surface area contributed by atoms with Crippen molar-refractivity contribution in [2.24, 2.45) is 0 Å². The molecule has 0 atom stereocenters. The summed E-state index contributed by atoms with van der Waals surface area (Å²) in [6.07, 6.45) is 0.887. The Morgan fingerprint density at radius 2 is 2.20 bits per heavy atom. The van der Waals surface area contributed by atoms with Gasteiger partial charge < -0.3 is 5.32 Å². The van der Waals surface area contributed by atoms with E-state index < -0.39 is 0 Å². The number of hydrogen-bond donors (Lipinski definition) is 1. The Morgan fingerprint density at radius 3 is 2.80 bits per heavy atom. The Balaban J connectivity index is 2.05. The van der Waals surface area contributed by atoms with Crippen LogP contribution < -0.4 is 5.32 Å². The zero-order chi connectivity index (χ0) is 14.5. The summed E-state index contributed by atoms with van der Waals surface area (Å²) in [5.41, 5.74) is 1.28. The molecule has 0 aliphatic carbocycles. The lowest BCUT2D eigenvalue weighted by molar-refractivity contribution is 0.588. The van der Waals surface area contributed by atoms with Gasteiger partial charge in [-0.2, -0.15) is 4.37 Å². The molecule has 0 fully saturated rings. The minimum Gasteiger partial charge on any atom is -0.310 e. The lowest BCUT2D eigenvalue weighted by atomic mass is 10.2. The number of hydrogen-bond acceptors (Lipinski definition) is 5. The standard InChI is InChI=1S/C14H18BrN3S2/c1-4-13-17-14(20-18-13)19-12-6-5-10(7-11(12)15)8-16-9(2)3/h5-7,9,16H,4,8H2,1-3H3. The predicted octanol–water partition coefficient (Wildman–Crippen LogP) is 4.51. The first-order valence-corrected chi connectivity index (χ1v) is 8.99. The quantitative estimate of drug-likeness (QED) is 0.810. The number of aromatic nitrogens is 2. The normalized spacial score (nSPS) is 11.2. The van der Waals surface area contributed by atoms with Crippen molar-refractivity contribution in [2.45, 2.75) is 49.0 Å². The maximum atomic E-state index is 4.48. The lowest BCUT2D eigenvalue weighted by Crippen LogP contribution is -2.21. The van der Waals surface area contributed by atoms with E-state index in [1.165, 1.54) is 22.0 Å². The Bertz CT molecular complexity index is 569. The second-order valence-corrected chi connectivity index (χ2v) is 7.63. The Kier molecular flexibility index (Phi) is 6.01. The number of benzene rings is 1. The van der Waals surface area contributed by atoms with Crippen molar-refractivity contribution in [1.82, 2.24) is 14.7 Å². The third kappa shape index (κ3) is 4.55. The zero-order valence-corrected chi connectivity index (χ0v) is 15.0. The van der Waals surface area contributed by atoms with Crippen LogP contribution in [0.2, 0.25) is 0 Å². The maximum Gasteiger partial charge on any atom is 0.174 e. The fourth-order valence-corrected chi connectivity index (χ4v) is 3.91. The Hall–Kier alpha value is -0.430. The lowest BCUT2D eigenvalue weighted by Gasteiger charge is -2.09. The van der Waals surface area contributed by atoms with Gasteiger partial charge in [0.2, 0.25) is 0 Å². The smallest absolute Gasteiger partial charge is 0.174 e. The van der Waals surface area contributed by atoms with Crippen LogP contribution in [0.3, 0.4) is 0 Å². The van der Waals surface area contributed by atoms with Crippen molar-refractivity contribution in [3.63, 3.8) is 0 Å². The zero-order valence-electron chi connectivity index (χ0n) is 11.8. The van der Waals surface area contributed by atoms with Crippen LogP contribution in [0.25, 0.3) is 0 Å². The first-order chi connectivity index (χ1) is 9.58. The van der Waals surface area contributed by atoms with E-state index in [0.717, 1.165) is 27.6 Å². The van der Waals surface area contributed by atoms with Crippen LogP contribution >= 0.6 is 39.2 Å². The van der Waals surface area contributed by atoms with Crippen LogP contribution in [0.15, 0.2) is 31.9 Å². The highest BCUT2D eigenvalue weighted by Crippen LogP contribution is 2.34.